The van der Waals surface area contributed by atoms with Gasteiger partial charge in [0, 0.05) is 16.1 Å². The van der Waals surface area contributed by atoms with Gasteiger partial charge in [-0.05, 0) is 67.6 Å². The number of hydrogen-bond donors (Lipinski definition) is 2. The molecule has 3 aromatic carbocycles. The summed E-state index contributed by atoms with van der Waals surface area (Å²) >= 11 is 7.15. The molecule has 3 rings (SSSR count). The third-order valence-electron chi connectivity index (χ3n) is 4.99. The van der Waals surface area contributed by atoms with Gasteiger partial charge in [0.15, 0.2) is 11.5 Å². The fourth-order valence-corrected chi connectivity index (χ4v) is 4.12. The number of methoxy groups -OCH3 is 2. The lowest BCUT2D eigenvalue weighted by Crippen LogP contribution is -2.22. The standard InChI is InChI=1S/C25H22ClF3N2O4S/c1-14(23(32)31-20-13-16(25(27,28)29)5-10-19(20)26)36-18-8-6-17(7-9-18)30-24(33)15-4-11-21(34-2)22(12-15)35-3/h4-14H,1-3H3,(H,30,33)(H,31,32). The van der Waals surface area contributed by atoms with Crippen molar-refractivity contribution >= 4 is 46.6 Å². The highest BCUT2D eigenvalue weighted by Crippen LogP contribution is 2.34. The highest BCUT2D eigenvalue weighted by Gasteiger charge is 2.31. The Morgan fingerprint density at radius 2 is 1.58 bits per heavy atom. The molecule has 36 heavy (non-hydrogen) atoms. The fraction of sp³-hybridized carbons (Fsp3) is 0.200. The van der Waals surface area contributed by atoms with Crippen LogP contribution in [0.3, 0.4) is 0 Å². The van der Waals surface area contributed by atoms with Gasteiger partial charge >= 0.3 is 6.18 Å². The summed E-state index contributed by atoms with van der Waals surface area (Å²) in [4.78, 5) is 25.8. The van der Waals surface area contributed by atoms with Gasteiger partial charge in [-0.1, -0.05) is 11.6 Å². The number of alkyl halides is 3. The van der Waals surface area contributed by atoms with Crippen molar-refractivity contribution in [3.05, 3.63) is 76.8 Å². The summed E-state index contributed by atoms with van der Waals surface area (Å²) in [6, 6.07) is 14.3. The number of ether oxygens (including phenoxy) is 2. The van der Waals surface area contributed by atoms with E-state index in [1.807, 2.05) is 0 Å². The van der Waals surface area contributed by atoms with Gasteiger partial charge in [0.2, 0.25) is 5.91 Å². The molecule has 0 aliphatic carbocycles. The molecule has 0 spiro atoms. The molecule has 0 heterocycles. The van der Waals surface area contributed by atoms with E-state index >= 15 is 0 Å². The number of halogens is 4. The van der Waals surface area contributed by atoms with E-state index in [4.69, 9.17) is 21.1 Å². The average Bonchev–Trinajstić information content (AvgIpc) is 2.85. The number of amides is 2. The largest absolute Gasteiger partial charge is 0.493 e. The molecule has 0 saturated carbocycles. The Labute approximate surface area is 215 Å². The first-order valence-corrected chi connectivity index (χ1v) is 11.7. The molecule has 6 nitrogen and oxygen atoms in total. The molecule has 1 atom stereocenters. The summed E-state index contributed by atoms with van der Waals surface area (Å²) in [5.74, 6) is 0.0774. The molecule has 0 radical (unpaired) electrons. The van der Waals surface area contributed by atoms with E-state index in [0.29, 0.717) is 22.7 Å². The van der Waals surface area contributed by atoms with Crippen molar-refractivity contribution in [1.29, 1.82) is 0 Å². The molecule has 190 valence electrons. The number of anilines is 2. The zero-order valence-corrected chi connectivity index (χ0v) is 21.0. The van der Waals surface area contributed by atoms with Crippen LogP contribution in [-0.2, 0) is 11.0 Å². The van der Waals surface area contributed by atoms with E-state index < -0.39 is 22.9 Å². The quantitative estimate of drug-likeness (QED) is 0.310. The third-order valence-corrected chi connectivity index (χ3v) is 6.43. The van der Waals surface area contributed by atoms with Gasteiger partial charge in [0.1, 0.15) is 0 Å². The molecule has 0 saturated heterocycles. The second kappa shape index (κ2) is 11.6. The summed E-state index contributed by atoms with van der Waals surface area (Å²) in [7, 11) is 2.98. The first kappa shape index (κ1) is 27.2. The summed E-state index contributed by atoms with van der Waals surface area (Å²) < 4.78 is 49.3. The Bertz CT molecular complexity index is 1250. The van der Waals surface area contributed by atoms with Gasteiger partial charge in [-0.3, -0.25) is 9.59 Å². The summed E-state index contributed by atoms with van der Waals surface area (Å²) in [5, 5.41) is 4.59. The molecule has 0 fully saturated rings. The van der Waals surface area contributed by atoms with Crippen LogP contribution in [0.15, 0.2) is 65.6 Å². The van der Waals surface area contributed by atoms with Crippen LogP contribution in [0.25, 0.3) is 0 Å². The molecular weight excluding hydrogens is 517 g/mol. The number of carbonyl (C=O) groups excluding carboxylic acids is 2. The van der Waals surface area contributed by atoms with E-state index in [1.54, 1.807) is 49.4 Å². The normalized spacial score (nSPS) is 12.0. The van der Waals surface area contributed by atoms with E-state index in [1.165, 1.54) is 26.0 Å². The third kappa shape index (κ3) is 6.86. The predicted molar refractivity (Wildman–Crippen MR) is 134 cm³/mol. The second-order valence-corrected chi connectivity index (χ2v) is 9.31. The zero-order chi connectivity index (χ0) is 26.5. The molecule has 2 amide bonds. The Morgan fingerprint density at radius 1 is 0.917 bits per heavy atom. The lowest BCUT2D eigenvalue weighted by molar-refractivity contribution is -0.137. The van der Waals surface area contributed by atoms with Crippen LogP contribution in [0.4, 0.5) is 24.5 Å². The maximum absolute atomic E-state index is 13.0. The molecular formula is C25H22ClF3N2O4S. The number of hydrogen-bond acceptors (Lipinski definition) is 5. The van der Waals surface area contributed by atoms with Crippen LogP contribution < -0.4 is 20.1 Å². The van der Waals surface area contributed by atoms with Crippen LogP contribution in [-0.4, -0.2) is 31.3 Å². The van der Waals surface area contributed by atoms with Crippen molar-refractivity contribution in [3.63, 3.8) is 0 Å². The highest BCUT2D eigenvalue weighted by atomic mass is 35.5. The molecule has 0 aliphatic rings. The van der Waals surface area contributed by atoms with Crippen molar-refractivity contribution in [1.82, 2.24) is 0 Å². The topological polar surface area (TPSA) is 76.7 Å². The van der Waals surface area contributed by atoms with Gasteiger partial charge in [0.05, 0.1) is 35.7 Å². The van der Waals surface area contributed by atoms with Crippen molar-refractivity contribution in [2.24, 2.45) is 0 Å². The summed E-state index contributed by atoms with van der Waals surface area (Å²) in [6.45, 7) is 1.62. The van der Waals surface area contributed by atoms with Crippen molar-refractivity contribution in [2.45, 2.75) is 23.2 Å². The highest BCUT2D eigenvalue weighted by molar-refractivity contribution is 8.00. The van der Waals surface area contributed by atoms with E-state index in [2.05, 4.69) is 10.6 Å². The van der Waals surface area contributed by atoms with Crippen LogP contribution in [0.5, 0.6) is 11.5 Å². The maximum atomic E-state index is 13.0. The minimum atomic E-state index is -4.55. The van der Waals surface area contributed by atoms with Gasteiger partial charge in [-0.2, -0.15) is 13.2 Å². The Morgan fingerprint density at radius 3 is 2.19 bits per heavy atom. The number of benzene rings is 3. The van der Waals surface area contributed by atoms with Gasteiger partial charge in [0.25, 0.3) is 5.91 Å². The smallest absolute Gasteiger partial charge is 0.416 e. The molecule has 0 aromatic heterocycles. The SMILES string of the molecule is COc1ccc(C(=O)Nc2ccc(SC(C)C(=O)Nc3cc(C(F)(F)F)ccc3Cl)cc2)cc1OC. The van der Waals surface area contributed by atoms with Crippen LogP contribution in [0, 0.1) is 0 Å². The van der Waals surface area contributed by atoms with Crippen molar-refractivity contribution in [2.75, 3.05) is 24.9 Å². The first-order valence-electron chi connectivity index (χ1n) is 10.5. The van der Waals surface area contributed by atoms with Crippen LogP contribution in [0.1, 0.15) is 22.8 Å². The Balaban J connectivity index is 1.61. The Kier molecular flexibility index (Phi) is 8.75. The Hall–Kier alpha value is -3.37. The molecule has 2 N–H and O–H groups in total. The van der Waals surface area contributed by atoms with E-state index in [9.17, 15) is 22.8 Å². The van der Waals surface area contributed by atoms with Gasteiger partial charge in [-0.25, -0.2) is 0 Å². The molecule has 0 bridgehead atoms. The van der Waals surface area contributed by atoms with Gasteiger partial charge in [-0.15, -0.1) is 11.8 Å². The lowest BCUT2D eigenvalue weighted by atomic mass is 10.2. The number of nitrogens with one attached hydrogen (secondary N) is 2. The predicted octanol–water partition coefficient (Wildman–Crippen LogP) is 6.75. The van der Waals surface area contributed by atoms with Crippen molar-refractivity contribution < 1.29 is 32.2 Å². The number of thioether (sulfide) groups is 1. The van der Waals surface area contributed by atoms with Crippen molar-refractivity contribution in [3.8, 4) is 11.5 Å². The molecule has 0 aliphatic heterocycles. The van der Waals surface area contributed by atoms with E-state index in [0.717, 1.165) is 23.1 Å². The molecule has 1 unspecified atom stereocenters. The second-order valence-electron chi connectivity index (χ2n) is 7.49. The number of rotatable bonds is 8. The fourth-order valence-electron chi connectivity index (χ4n) is 3.09. The first-order chi connectivity index (χ1) is 17.0. The average molecular weight is 539 g/mol. The lowest BCUT2D eigenvalue weighted by Gasteiger charge is -2.15. The molecule has 11 heteroatoms. The summed E-state index contributed by atoms with van der Waals surface area (Å²) in [5.41, 5.74) is -0.109. The van der Waals surface area contributed by atoms with Crippen LogP contribution in [0.2, 0.25) is 5.02 Å². The summed E-state index contributed by atoms with van der Waals surface area (Å²) in [6.07, 6.45) is -4.55. The van der Waals surface area contributed by atoms with Gasteiger partial charge < -0.3 is 20.1 Å². The zero-order valence-electron chi connectivity index (χ0n) is 19.4. The minimum Gasteiger partial charge on any atom is -0.493 e. The minimum absolute atomic E-state index is 0.00289. The maximum Gasteiger partial charge on any atom is 0.416 e. The number of carbonyl (C=O) groups is 2. The molecule has 3 aromatic rings. The monoisotopic (exact) mass is 538 g/mol. The van der Waals surface area contributed by atoms with E-state index in [-0.39, 0.29) is 16.6 Å². The van der Waals surface area contributed by atoms with Crippen LogP contribution >= 0.6 is 23.4 Å².